The number of piperidine rings is 1. The van der Waals surface area contributed by atoms with E-state index in [0.717, 1.165) is 56.4 Å². The van der Waals surface area contributed by atoms with Crippen molar-refractivity contribution in [3.05, 3.63) is 93.6 Å². The maximum absolute atomic E-state index is 5.15. The lowest BCUT2D eigenvalue weighted by Gasteiger charge is -2.33. The van der Waals surface area contributed by atoms with Gasteiger partial charge in [-0.2, -0.15) is 0 Å². The molecule has 45 heavy (non-hydrogen) atoms. The predicted molar refractivity (Wildman–Crippen MR) is 200 cm³/mol. The number of nitrogens with one attached hydrogen (secondary N) is 2. The summed E-state index contributed by atoms with van der Waals surface area (Å²) in [5.41, 5.74) is 9.90. The number of hydrogen-bond donors (Lipinski definition) is 2. The summed E-state index contributed by atoms with van der Waals surface area (Å²) in [6.07, 6.45) is 22.9. The Morgan fingerprint density at radius 2 is 1.73 bits per heavy atom. The van der Waals surface area contributed by atoms with Gasteiger partial charge in [-0.15, -0.1) is 6.42 Å². The van der Waals surface area contributed by atoms with Gasteiger partial charge in [-0.3, -0.25) is 0 Å². The number of benzene rings is 2. The second-order valence-corrected chi connectivity index (χ2v) is 13.4. The minimum atomic E-state index is 0.690. The smallest absolute Gasteiger partial charge is 0.000825 e. The van der Waals surface area contributed by atoms with Gasteiger partial charge in [0, 0.05) is 0 Å². The molecular formula is C43H66N2. The van der Waals surface area contributed by atoms with Gasteiger partial charge in [-0.05, 0) is 143 Å². The van der Waals surface area contributed by atoms with E-state index in [9.17, 15) is 0 Å². The summed E-state index contributed by atoms with van der Waals surface area (Å²) in [4.78, 5) is 0. The highest BCUT2D eigenvalue weighted by atomic mass is 14.9. The maximum atomic E-state index is 5.15. The number of hydrogen-bond acceptors (Lipinski definition) is 2. The van der Waals surface area contributed by atoms with Crippen LogP contribution in [0.1, 0.15) is 127 Å². The highest BCUT2D eigenvalue weighted by molar-refractivity contribution is 5.32. The Bertz CT molecular complexity index is 1180. The summed E-state index contributed by atoms with van der Waals surface area (Å²) < 4.78 is 0. The van der Waals surface area contributed by atoms with Crippen molar-refractivity contribution < 1.29 is 0 Å². The lowest BCUT2D eigenvalue weighted by molar-refractivity contribution is 0.309. The Labute approximate surface area is 279 Å². The van der Waals surface area contributed by atoms with E-state index in [0.29, 0.717) is 5.92 Å². The Morgan fingerprint density at radius 1 is 0.978 bits per heavy atom. The first-order valence-electron chi connectivity index (χ1n) is 18.2. The van der Waals surface area contributed by atoms with Crippen LogP contribution in [0.2, 0.25) is 0 Å². The lowest BCUT2D eigenvalue weighted by atomic mass is 9.78. The molecule has 2 heteroatoms. The topological polar surface area (TPSA) is 24.1 Å². The third-order valence-electron chi connectivity index (χ3n) is 9.71. The van der Waals surface area contributed by atoms with Crippen molar-refractivity contribution in [1.82, 2.24) is 10.6 Å². The number of terminal acetylenes is 1. The van der Waals surface area contributed by atoms with Crippen LogP contribution in [-0.4, -0.2) is 26.2 Å². The van der Waals surface area contributed by atoms with Gasteiger partial charge in [0.1, 0.15) is 0 Å². The molecule has 3 atom stereocenters. The molecule has 0 bridgehead atoms. The van der Waals surface area contributed by atoms with E-state index in [1.165, 1.54) is 85.6 Å². The average Bonchev–Trinajstić information content (AvgIpc) is 3.07. The molecule has 0 saturated carbocycles. The third-order valence-corrected chi connectivity index (χ3v) is 9.71. The van der Waals surface area contributed by atoms with Crippen molar-refractivity contribution in [1.29, 1.82) is 0 Å². The Morgan fingerprint density at radius 3 is 2.40 bits per heavy atom. The molecule has 1 saturated heterocycles. The molecule has 3 rings (SSSR count). The number of aryl methyl sites for hydroxylation is 2. The summed E-state index contributed by atoms with van der Waals surface area (Å²) in [5, 5.41) is 7.29. The molecule has 2 N–H and O–H groups in total. The molecule has 2 aromatic carbocycles. The number of rotatable bonds is 17. The van der Waals surface area contributed by atoms with Gasteiger partial charge in [-0.25, -0.2) is 0 Å². The Hall–Kier alpha value is -2.60. The van der Waals surface area contributed by atoms with E-state index >= 15 is 0 Å². The minimum Gasteiger partial charge on any atom is -0.316 e. The minimum absolute atomic E-state index is 0.690. The summed E-state index contributed by atoms with van der Waals surface area (Å²) in [7, 11) is 0. The standard InChI is InChI=1S/C33H52N2.C10H14/c1-5-8-20-34-21-18-31-24-29(11-10-26(31)4)14-17-32-25-35-22-19-33(32)30-15-12-28(13-16-30)23-27(7-3)9-6-2;1-5-9(3)7-8-10(4)6-2/h10-13,15-16,24,27,32-35H,5-9,14,17-23,25H2,1-4H3;1,7-8H,6H2,2-4H3/b;9-7-,10-8-. The highest BCUT2D eigenvalue weighted by Gasteiger charge is 2.26. The zero-order chi connectivity index (χ0) is 32.9. The molecule has 2 aromatic rings. The van der Waals surface area contributed by atoms with Crippen LogP contribution in [0.25, 0.3) is 0 Å². The van der Waals surface area contributed by atoms with Crippen LogP contribution in [0, 0.1) is 31.1 Å². The van der Waals surface area contributed by atoms with Crippen LogP contribution >= 0.6 is 0 Å². The van der Waals surface area contributed by atoms with Crippen molar-refractivity contribution in [2.75, 3.05) is 26.2 Å². The van der Waals surface area contributed by atoms with E-state index in [1.807, 2.05) is 13.0 Å². The largest absolute Gasteiger partial charge is 0.316 e. The van der Waals surface area contributed by atoms with Crippen LogP contribution in [0.15, 0.2) is 65.8 Å². The molecule has 0 spiro atoms. The van der Waals surface area contributed by atoms with Gasteiger partial charge in [0.15, 0.2) is 0 Å². The summed E-state index contributed by atoms with van der Waals surface area (Å²) in [6.45, 7) is 19.9. The highest BCUT2D eigenvalue weighted by Crippen LogP contribution is 2.34. The second-order valence-electron chi connectivity index (χ2n) is 13.4. The number of allylic oxidation sites excluding steroid dienone is 4. The fourth-order valence-corrected chi connectivity index (χ4v) is 6.34. The molecule has 3 unspecified atom stereocenters. The second kappa shape index (κ2) is 22.8. The van der Waals surface area contributed by atoms with Gasteiger partial charge in [0.05, 0.1) is 0 Å². The first-order chi connectivity index (χ1) is 21.8. The molecule has 1 heterocycles. The van der Waals surface area contributed by atoms with Gasteiger partial charge >= 0.3 is 0 Å². The quantitative estimate of drug-likeness (QED) is 0.106. The van der Waals surface area contributed by atoms with Crippen LogP contribution in [-0.2, 0) is 19.3 Å². The zero-order valence-corrected chi connectivity index (χ0v) is 30.1. The summed E-state index contributed by atoms with van der Waals surface area (Å²) >= 11 is 0. The van der Waals surface area contributed by atoms with E-state index in [-0.39, 0.29) is 0 Å². The van der Waals surface area contributed by atoms with Crippen LogP contribution in [0.3, 0.4) is 0 Å². The molecule has 1 fully saturated rings. The molecule has 0 aromatic heterocycles. The molecule has 248 valence electrons. The molecule has 0 radical (unpaired) electrons. The van der Waals surface area contributed by atoms with E-state index in [4.69, 9.17) is 6.42 Å². The first-order valence-corrected chi connectivity index (χ1v) is 18.2. The molecule has 2 nitrogen and oxygen atoms in total. The molecule has 1 aliphatic heterocycles. The van der Waals surface area contributed by atoms with Crippen molar-refractivity contribution in [3.63, 3.8) is 0 Å². The average molecular weight is 611 g/mol. The Balaban J connectivity index is 0.000000607. The lowest BCUT2D eigenvalue weighted by Crippen LogP contribution is -2.35. The fourth-order valence-electron chi connectivity index (χ4n) is 6.34. The monoisotopic (exact) mass is 611 g/mol. The third kappa shape index (κ3) is 15.0. The van der Waals surface area contributed by atoms with Crippen molar-refractivity contribution >= 4 is 0 Å². The maximum Gasteiger partial charge on any atom is -0.000825 e. The van der Waals surface area contributed by atoms with Gasteiger partial charge < -0.3 is 10.6 Å². The van der Waals surface area contributed by atoms with Gasteiger partial charge in [0.25, 0.3) is 0 Å². The zero-order valence-electron chi connectivity index (χ0n) is 30.1. The van der Waals surface area contributed by atoms with Crippen molar-refractivity contribution in [3.8, 4) is 12.3 Å². The van der Waals surface area contributed by atoms with E-state index in [2.05, 4.69) is 107 Å². The normalized spacial score (nSPS) is 17.7. The molecule has 0 amide bonds. The Kier molecular flexibility index (Phi) is 19.6. The summed E-state index contributed by atoms with van der Waals surface area (Å²) in [6, 6.07) is 16.9. The van der Waals surface area contributed by atoms with E-state index < -0.39 is 0 Å². The van der Waals surface area contributed by atoms with Crippen LogP contribution < -0.4 is 10.6 Å². The molecular weight excluding hydrogens is 544 g/mol. The molecule has 1 aliphatic rings. The first kappa shape index (κ1) is 38.6. The van der Waals surface area contributed by atoms with Crippen molar-refractivity contribution in [2.45, 2.75) is 125 Å². The van der Waals surface area contributed by atoms with Crippen LogP contribution in [0.4, 0.5) is 0 Å². The number of unbranched alkanes of at least 4 members (excludes halogenated alkanes) is 1. The predicted octanol–water partition coefficient (Wildman–Crippen LogP) is 10.5. The van der Waals surface area contributed by atoms with Gasteiger partial charge in [-0.1, -0.05) is 119 Å². The summed E-state index contributed by atoms with van der Waals surface area (Å²) in [5.74, 6) is 4.81. The van der Waals surface area contributed by atoms with E-state index in [1.54, 1.807) is 5.56 Å². The SMILES string of the molecule is C#C/C(C)=C\C=C(\C)CC.CCCCNCCc1cc(CCC2CNCCC2c2ccc(CC(CC)CCC)cc2)ccc1C. The molecule has 0 aliphatic carbocycles. The van der Waals surface area contributed by atoms with Gasteiger partial charge in [0.2, 0.25) is 0 Å². The van der Waals surface area contributed by atoms with Crippen LogP contribution in [0.5, 0.6) is 0 Å². The fraction of sp³-hybridized carbons (Fsp3) is 0.581. The van der Waals surface area contributed by atoms with Crippen molar-refractivity contribution in [2.24, 2.45) is 11.8 Å².